The van der Waals surface area contributed by atoms with E-state index in [0.717, 1.165) is 42.6 Å². The molecule has 1 atom stereocenters. The van der Waals surface area contributed by atoms with Crippen LogP contribution in [0.2, 0.25) is 0 Å². The van der Waals surface area contributed by atoms with Gasteiger partial charge in [-0.3, -0.25) is 4.79 Å². The van der Waals surface area contributed by atoms with E-state index in [4.69, 9.17) is 4.84 Å². The zero-order valence-corrected chi connectivity index (χ0v) is 28.3. The van der Waals surface area contributed by atoms with Crippen molar-refractivity contribution in [2.75, 3.05) is 13.1 Å². The van der Waals surface area contributed by atoms with Crippen LogP contribution >= 0.6 is 0 Å². The van der Waals surface area contributed by atoms with Crippen molar-refractivity contribution in [3.63, 3.8) is 0 Å². The van der Waals surface area contributed by atoms with Crippen LogP contribution in [0.15, 0.2) is 53.7 Å². The third kappa shape index (κ3) is 9.89. The van der Waals surface area contributed by atoms with Crippen LogP contribution in [0.25, 0.3) is 11.1 Å². The van der Waals surface area contributed by atoms with E-state index >= 15 is 0 Å². The predicted octanol–water partition coefficient (Wildman–Crippen LogP) is 5.97. The van der Waals surface area contributed by atoms with Crippen molar-refractivity contribution in [1.29, 1.82) is 0 Å². The molecule has 3 aliphatic rings. The standard InChI is InChI=1S/C16H15NO.C12H22N2O2.C6H13NO2S/c1-11(2)18-17-16-14-9-5-3-7-12(14)13-8-4-6-10-15(13)16;1-8(2)5-6-14-7-10(13-12(14)16)11(15)9(3)4;1-5(2)7-10(8,9)6-3-4-6/h3-11H,1-2H3;8-10H,5-7H2,1-4H3,(H,13,16);5-7H,3-4H2,1-2H3/t;10-;/m.0./s1. The van der Waals surface area contributed by atoms with Gasteiger partial charge in [0.05, 0.1) is 5.25 Å². The monoisotopic (exact) mass is 626 g/mol. The molecule has 2 aromatic carbocycles. The first-order chi connectivity index (χ1) is 20.7. The predicted molar refractivity (Wildman–Crippen MR) is 177 cm³/mol. The second kappa shape index (κ2) is 15.7. The summed E-state index contributed by atoms with van der Waals surface area (Å²) in [4.78, 5) is 30.5. The highest BCUT2D eigenvalue weighted by Crippen LogP contribution is 2.36. The van der Waals surface area contributed by atoms with Gasteiger partial charge in [-0.15, -0.1) is 0 Å². The molecule has 2 aromatic rings. The van der Waals surface area contributed by atoms with Gasteiger partial charge in [-0.1, -0.05) is 81.4 Å². The average Bonchev–Trinajstić information content (AvgIpc) is 3.69. The van der Waals surface area contributed by atoms with Crippen molar-refractivity contribution < 1.29 is 22.8 Å². The summed E-state index contributed by atoms with van der Waals surface area (Å²) >= 11 is 0. The first-order valence-corrected chi connectivity index (χ1v) is 17.3. The van der Waals surface area contributed by atoms with Crippen LogP contribution < -0.4 is 10.0 Å². The van der Waals surface area contributed by atoms with Crippen molar-refractivity contribution in [2.24, 2.45) is 17.0 Å². The Bertz CT molecular complexity index is 1370. The summed E-state index contributed by atoms with van der Waals surface area (Å²) in [5.74, 6) is 0.684. The van der Waals surface area contributed by atoms with Gasteiger partial charge in [0.1, 0.15) is 17.9 Å². The largest absolute Gasteiger partial charge is 0.393 e. The lowest BCUT2D eigenvalue weighted by molar-refractivity contribution is -0.123. The van der Waals surface area contributed by atoms with Crippen LogP contribution in [0, 0.1) is 11.8 Å². The Balaban J connectivity index is 0.000000188. The van der Waals surface area contributed by atoms with E-state index in [1.54, 1.807) is 4.90 Å². The quantitative estimate of drug-likeness (QED) is 0.269. The lowest BCUT2D eigenvalue weighted by atomic mass is 10.0. The number of Topliss-reactive ketones (excluding diaryl/α,β-unsaturated/α-hetero) is 1. The van der Waals surface area contributed by atoms with E-state index in [9.17, 15) is 18.0 Å². The van der Waals surface area contributed by atoms with Gasteiger partial charge < -0.3 is 15.1 Å². The molecule has 0 bridgehead atoms. The number of carbonyl (C=O) groups is 2. The Morgan fingerprint density at radius 2 is 1.45 bits per heavy atom. The number of hydrogen-bond acceptors (Lipinski definition) is 6. The van der Waals surface area contributed by atoms with Gasteiger partial charge in [0.2, 0.25) is 10.0 Å². The Morgan fingerprint density at radius 3 is 1.89 bits per heavy atom. The highest BCUT2D eigenvalue weighted by molar-refractivity contribution is 7.90. The number of ketones is 1. The van der Waals surface area contributed by atoms with Crippen molar-refractivity contribution in [3.8, 4) is 11.1 Å². The second-order valence-corrected chi connectivity index (χ2v) is 14.9. The normalized spacial score (nSPS) is 17.1. The minimum atomic E-state index is -2.94. The fourth-order valence-electron chi connectivity index (χ4n) is 4.81. The third-order valence-corrected chi connectivity index (χ3v) is 9.40. The summed E-state index contributed by atoms with van der Waals surface area (Å²) in [6.07, 6.45) is 2.75. The molecule has 44 heavy (non-hydrogen) atoms. The molecule has 5 rings (SSSR count). The van der Waals surface area contributed by atoms with Crippen LogP contribution in [0.5, 0.6) is 0 Å². The molecule has 1 aliphatic heterocycles. The van der Waals surface area contributed by atoms with E-state index in [1.165, 1.54) is 11.1 Å². The summed E-state index contributed by atoms with van der Waals surface area (Å²) < 4.78 is 24.7. The smallest absolute Gasteiger partial charge is 0.318 e. The summed E-state index contributed by atoms with van der Waals surface area (Å²) in [6, 6.07) is 16.3. The van der Waals surface area contributed by atoms with Gasteiger partial charge in [-0.2, -0.15) is 0 Å². The zero-order valence-electron chi connectivity index (χ0n) is 27.5. The van der Waals surface area contributed by atoms with Crippen molar-refractivity contribution in [3.05, 3.63) is 59.7 Å². The van der Waals surface area contributed by atoms with Crippen LogP contribution in [-0.2, 0) is 19.7 Å². The summed E-state index contributed by atoms with van der Waals surface area (Å²) in [5, 5.41) is 6.98. The maximum Gasteiger partial charge on any atom is 0.318 e. The first-order valence-electron chi connectivity index (χ1n) is 15.7. The summed E-state index contributed by atoms with van der Waals surface area (Å²) in [5.41, 5.74) is 5.71. The molecule has 2 N–H and O–H groups in total. The summed E-state index contributed by atoms with van der Waals surface area (Å²) in [7, 11) is -2.94. The molecule has 1 saturated carbocycles. The maximum atomic E-state index is 11.7. The Labute approximate surface area is 263 Å². The van der Waals surface area contributed by atoms with E-state index in [-0.39, 0.29) is 41.2 Å². The number of sulfonamides is 1. The van der Waals surface area contributed by atoms with Crippen LogP contribution in [0.3, 0.4) is 0 Å². The highest BCUT2D eigenvalue weighted by Gasteiger charge is 2.36. The molecule has 10 heteroatoms. The Kier molecular flexibility index (Phi) is 12.5. The molecule has 1 saturated heterocycles. The molecule has 9 nitrogen and oxygen atoms in total. The zero-order chi connectivity index (χ0) is 32.6. The number of rotatable bonds is 10. The van der Waals surface area contributed by atoms with E-state index in [2.05, 4.69) is 65.4 Å². The average molecular weight is 627 g/mol. The lowest BCUT2D eigenvalue weighted by Gasteiger charge is -2.16. The highest BCUT2D eigenvalue weighted by atomic mass is 32.2. The molecule has 1 heterocycles. The summed E-state index contributed by atoms with van der Waals surface area (Å²) in [6.45, 7) is 16.9. The van der Waals surface area contributed by atoms with Crippen molar-refractivity contribution in [1.82, 2.24) is 14.9 Å². The topological polar surface area (TPSA) is 117 Å². The molecule has 2 fully saturated rings. The van der Waals surface area contributed by atoms with Crippen LogP contribution in [-0.4, -0.2) is 67.4 Å². The number of benzene rings is 2. The Hall–Kier alpha value is -3.24. The van der Waals surface area contributed by atoms with Crippen LogP contribution in [0.1, 0.15) is 85.8 Å². The molecule has 0 radical (unpaired) electrons. The van der Waals surface area contributed by atoms with Gasteiger partial charge in [-0.05, 0) is 64.0 Å². The van der Waals surface area contributed by atoms with Gasteiger partial charge >= 0.3 is 6.03 Å². The van der Waals surface area contributed by atoms with E-state index in [1.807, 2.05) is 53.7 Å². The molecular formula is C34H50N4O5S. The number of carbonyl (C=O) groups excluding carboxylic acids is 2. The van der Waals surface area contributed by atoms with Gasteiger partial charge in [0.25, 0.3) is 0 Å². The number of nitrogens with zero attached hydrogens (tertiary/aromatic N) is 2. The number of hydrogen-bond donors (Lipinski definition) is 2. The van der Waals surface area contributed by atoms with E-state index < -0.39 is 10.0 Å². The number of oxime groups is 1. The molecule has 0 aromatic heterocycles. The maximum absolute atomic E-state index is 11.7. The Morgan fingerprint density at radius 1 is 0.932 bits per heavy atom. The fourth-order valence-corrected chi connectivity index (χ4v) is 6.42. The van der Waals surface area contributed by atoms with Crippen molar-refractivity contribution >= 4 is 27.5 Å². The van der Waals surface area contributed by atoms with E-state index in [0.29, 0.717) is 12.5 Å². The fraction of sp³-hybridized carbons (Fsp3) is 0.559. The van der Waals surface area contributed by atoms with Gasteiger partial charge in [-0.25, -0.2) is 17.9 Å². The molecular weight excluding hydrogens is 576 g/mol. The molecule has 0 spiro atoms. The first kappa shape index (κ1) is 35.2. The van der Waals surface area contributed by atoms with Gasteiger partial charge in [0, 0.05) is 36.2 Å². The third-order valence-electron chi connectivity index (χ3n) is 7.25. The SMILES string of the molecule is CC(C)CCN1C[C@@H](C(=O)C(C)C)NC1=O.CC(C)NS(=O)(=O)C1CC1.CC(C)ON=C1c2ccccc2-c2ccccc21. The number of nitrogens with one attached hydrogen (secondary N) is 2. The minimum Gasteiger partial charge on any atom is -0.393 e. The number of urea groups is 1. The van der Waals surface area contributed by atoms with Crippen molar-refractivity contribution in [2.45, 2.75) is 98.1 Å². The number of amides is 2. The molecule has 0 unspecified atom stereocenters. The molecule has 2 amide bonds. The number of fused-ring (bicyclic) bond motifs is 3. The molecule has 2 aliphatic carbocycles. The van der Waals surface area contributed by atoms with Crippen LogP contribution in [0.4, 0.5) is 4.79 Å². The molecule has 242 valence electrons. The minimum absolute atomic E-state index is 0.0182. The van der Waals surface area contributed by atoms with Gasteiger partial charge in [0.15, 0.2) is 5.78 Å². The lowest BCUT2D eigenvalue weighted by Crippen LogP contribution is -2.36. The second-order valence-electron chi connectivity index (χ2n) is 12.9.